The molecule has 21 heavy (non-hydrogen) atoms. The Morgan fingerprint density at radius 3 is 2.29 bits per heavy atom. The van der Waals surface area contributed by atoms with Crippen LogP contribution in [-0.2, 0) is 0 Å². The average Bonchev–Trinajstić information content (AvgIpc) is 3.41. The summed E-state index contributed by atoms with van der Waals surface area (Å²) in [7, 11) is 0. The molecule has 1 aromatic carbocycles. The van der Waals surface area contributed by atoms with Gasteiger partial charge < -0.3 is 9.80 Å². The molecule has 1 saturated heterocycles. The third-order valence-corrected chi connectivity index (χ3v) is 4.39. The average molecular weight is 280 g/mol. The summed E-state index contributed by atoms with van der Waals surface area (Å²) in [6, 6.07) is 12.8. The number of piperazine rings is 1. The molecule has 2 aromatic rings. The predicted octanol–water partition coefficient (Wildman–Crippen LogP) is 2.68. The second-order valence-corrected chi connectivity index (χ2v) is 5.88. The summed E-state index contributed by atoms with van der Waals surface area (Å²) in [5.41, 5.74) is 2.55. The van der Waals surface area contributed by atoms with Gasteiger partial charge in [-0.3, -0.25) is 0 Å². The van der Waals surface area contributed by atoms with E-state index in [9.17, 15) is 0 Å². The fourth-order valence-corrected chi connectivity index (χ4v) is 2.97. The fraction of sp³-hybridized carbons (Fsp3) is 0.412. The number of para-hydroxylation sites is 1. The van der Waals surface area contributed by atoms with Crippen molar-refractivity contribution in [1.29, 1.82) is 0 Å². The lowest BCUT2D eigenvalue weighted by atomic mass is 10.2. The summed E-state index contributed by atoms with van der Waals surface area (Å²) in [6.45, 7) is 4.14. The van der Waals surface area contributed by atoms with Gasteiger partial charge in [-0.15, -0.1) is 0 Å². The van der Waals surface area contributed by atoms with Gasteiger partial charge in [0.25, 0.3) is 0 Å². The first-order valence-electron chi connectivity index (χ1n) is 7.77. The molecule has 4 heteroatoms. The van der Waals surface area contributed by atoms with Crippen molar-refractivity contribution in [2.24, 2.45) is 0 Å². The minimum Gasteiger partial charge on any atom is -0.368 e. The van der Waals surface area contributed by atoms with E-state index >= 15 is 0 Å². The lowest BCUT2D eigenvalue weighted by molar-refractivity contribution is 0.646. The lowest BCUT2D eigenvalue weighted by Gasteiger charge is -2.36. The second kappa shape index (κ2) is 5.35. The fourth-order valence-electron chi connectivity index (χ4n) is 2.97. The van der Waals surface area contributed by atoms with Crippen molar-refractivity contribution in [1.82, 2.24) is 9.97 Å². The summed E-state index contributed by atoms with van der Waals surface area (Å²) in [4.78, 5) is 13.7. The van der Waals surface area contributed by atoms with Crippen molar-refractivity contribution in [2.45, 2.75) is 18.8 Å². The maximum atomic E-state index is 4.47. The van der Waals surface area contributed by atoms with Crippen LogP contribution in [0.3, 0.4) is 0 Å². The van der Waals surface area contributed by atoms with Crippen LogP contribution in [0.2, 0.25) is 0 Å². The summed E-state index contributed by atoms with van der Waals surface area (Å²) in [5.74, 6) is 1.79. The number of rotatable bonds is 3. The van der Waals surface area contributed by atoms with E-state index in [1.807, 2.05) is 0 Å². The van der Waals surface area contributed by atoms with Gasteiger partial charge in [-0.05, 0) is 25.0 Å². The molecule has 2 fully saturated rings. The number of benzene rings is 1. The maximum Gasteiger partial charge on any atom is 0.132 e. The molecule has 2 heterocycles. The number of anilines is 2. The van der Waals surface area contributed by atoms with Gasteiger partial charge in [0.2, 0.25) is 0 Å². The molecule has 4 nitrogen and oxygen atoms in total. The van der Waals surface area contributed by atoms with Crippen LogP contribution in [0, 0.1) is 0 Å². The summed E-state index contributed by atoms with van der Waals surface area (Å²) in [6.07, 6.45) is 4.31. The first-order valence-corrected chi connectivity index (χ1v) is 7.77. The largest absolute Gasteiger partial charge is 0.368 e. The standard InChI is InChI=1S/C17H20N4/c1-2-4-15(5-3-1)20-8-10-21(11-9-20)17-12-16(14-6-7-14)18-13-19-17/h1-5,12-14H,6-11H2. The molecule has 0 N–H and O–H groups in total. The van der Waals surface area contributed by atoms with Gasteiger partial charge in [-0.1, -0.05) is 18.2 Å². The van der Waals surface area contributed by atoms with Crippen LogP contribution < -0.4 is 9.80 Å². The summed E-state index contributed by atoms with van der Waals surface area (Å²) in [5, 5.41) is 0. The first-order chi connectivity index (χ1) is 10.4. The smallest absolute Gasteiger partial charge is 0.132 e. The summed E-state index contributed by atoms with van der Waals surface area (Å²) < 4.78 is 0. The third-order valence-electron chi connectivity index (χ3n) is 4.39. The number of hydrogen-bond acceptors (Lipinski definition) is 4. The van der Waals surface area contributed by atoms with Crippen LogP contribution in [-0.4, -0.2) is 36.1 Å². The van der Waals surface area contributed by atoms with Crippen molar-refractivity contribution in [3.05, 3.63) is 48.4 Å². The van der Waals surface area contributed by atoms with E-state index in [-0.39, 0.29) is 0 Å². The van der Waals surface area contributed by atoms with Crippen molar-refractivity contribution < 1.29 is 0 Å². The third kappa shape index (κ3) is 2.71. The van der Waals surface area contributed by atoms with Gasteiger partial charge in [0.05, 0.1) is 0 Å². The van der Waals surface area contributed by atoms with Crippen LogP contribution in [0.4, 0.5) is 11.5 Å². The second-order valence-electron chi connectivity index (χ2n) is 5.88. The van der Waals surface area contributed by atoms with Crippen LogP contribution in [0.5, 0.6) is 0 Å². The van der Waals surface area contributed by atoms with Crippen molar-refractivity contribution in [3.8, 4) is 0 Å². The van der Waals surface area contributed by atoms with Crippen LogP contribution >= 0.6 is 0 Å². The Balaban J connectivity index is 1.44. The SMILES string of the molecule is c1ccc(N2CCN(c3cc(C4CC4)ncn3)CC2)cc1. The molecule has 108 valence electrons. The van der Waals surface area contributed by atoms with Gasteiger partial charge in [0, 0.05) is 49.5 Å². The quantitative estimate of drug-likeness (QED) is 0.865. The van der Waals surface area contributed by atoms with E-state index in [0.29, 0.717) is 5.92 Å². The Morgan fingerprint density at radius 1 is 0.857 bits per heavy atom. The molecule has 0 radical (unpaired) electrons. The molecule has 1 saturated carbocycles. The topological polar surface area (TPSA) is 32.3 Å². The van der Waals surface area contributed by atoms with E-state index in [2.05, 4.69) is 56.2 Å². The zero-order chi connectivity index (χ0) is 14.1. The Bertz CT molecular complexity index is 601. The highest BCUT2D eigenvalue weighted by atomic mass is 15.3. The van der Waals surface area contributed by atoms with Gasteiger partial charge in [-0.25, -0.2) is 9.97 Å². The van der Waals surface area contributed by atoms with Crippen LogP contribution in [0.15, 0.2) is 42.7 Å². The van der Waals surface area contributed by atoms with E-state index in [4.69, 9.17) is 0 Å². The van der Waals surface area contributed by atoms with Gasteiger partial charge in [0.15, 0.2) is 0 Å². The van der Waals surface area contributed by atoms with Gasteiger partial charge in [-0.2, -0.15) is 0 Å². The lowest BCUT2D eigenvalue weighted by Crippen LogP contribution is -2.46. The highest BCUT2D eigenvalue weighted by Crippen LogP contribution is 2.39. The monoisotopic (exact) mass is 280 g/mol. The number of hydrogen-bond donors (Lipinski definition) is 0. The maximum absolute atomic E-state index is 4.47. The molecule has 0 spiro atoms. The van der Waals surface area contributed by atoms with Crippen molar-refractivity contribution in [3.63, 3.8) is 0 Å². The number of aromatic nitrogens is 2. The molecule has 0 bridgehead atoms. The molecule has 0 atom stereocenters. The van der Waals surface area contributed by atoms with Crippen molar-refractivity contribution in [2.75, 3.05) is 36.0 Å². The molecule has 2 aliphatic rings. The molecule has 0 amide bonds. The first kappa shape index (κ1) is 12.6. The van der Waals surface area contributed by atoms with Gasteiger partial charge >= 0.3 is 0 Å². The predicted molar refractivity (Wildman–Crippen MR) is 84.9 cm³/mol. The molecule has 1 aromatic heterocycles. The molecular weight excluding hydrogens is 260 g/mol. The highest BCUT2D eigenvalue weighted by molar-refractivity contribution is 5.49. The Hall–Kier alpha value is -2.10. The van der Waals surface area contributed by atoms with Crippen molar-refractivity contribution >= 4 is 11.5 Å². The Labute approximate surface area is 125 Å². The van der Waals surface area contributed by atoms with E-state index in [0.717, 1.165) is 32.0 Å². The Morgan fingerprint density at radius 2 is 1.57 bits per heavy atom. The van der Waals surface area contributed by atoms with Gasteiger partial charge in [0.1, 0.15) is 12.1 Å². The van der Waals surface area contributed by atoms with Crippen LogP contribution in [0.25, 0.3) is 0 Å². The summed E-state index contributed by atoms with van der Waals surface area (Å²) >= 11 is 0. The molecule has 1 aliphatic carbocycles. The molecule has 0 unspecified atom stereocenters. The zero-order valence-corrected chi connectivity index (χ0v) is 12.2. The van der Waals surface area contributed by atoms with Crippen LogP contribution in [0.1, 0.15) is 24.5 Å². The highest BCUT2D eigenvalue weighted by Gasteiger charge is 2.26. The molecule has 4 rings (SSSR count). The van der Waals surface area contributed by atoms with E-state index in [1.165, 1.54) is 24.2 Å². The Kier molecular flexibility index (Phi) is 3.22. The normalized spacial score (nSPS) is 18.9. The zero-order valence-electron chi connectivity index (χ0n) is 12.2. The minimum absolute atomic E-state index is 0.692. The van der Waals surface area contributed by atoms with E-state index in [1.54, 1.807) is 6.33 Å². The van der Waals surface area contributed by atoms with E-state index < -0.39 is 0 Å². The minimum atomic E-state index is 0.692. The number of nitrogens with zero attached hydrogens (tertiary/aromatic N) is 4. The molecular formula is C17H20N4. The molecule has 1 aliphatic heterocycles.